The average Bonchev–Trinajstić information content (AvgIpc) is 2.80. The van der Waals surface area contributed by atoms with Gasteiger partial charge in [0.15, 0.2) is 0 Å². The van der Waals surface area contributed by atoms with Crippen LogP contribution in [0.1, 0.15) is 24.8 Å². The predicted molar refractivity (Wildman–Crippen MR) is 70.9 cm³/mol. The van der Waals surface area contributed by atoms with E-state index in [-0.39, 0.29) is 5.56 Å². The molecule has 0 bridgehead atoms. The fraction of sp³-hybridized carbons (Fsp3) is 0.462. The van der Waals surface area contributed by atoms with Crippen LogP contribution in [0.4, 0.5) is 8.78 Å². The number of aliphatic carboxylic acids is 1. The molecule has 8 heteroatoms. The normalized spacial score (nSPS) is 22.4. The van der Waals surface area contributed by atoms with Gasteiger partial charge in [-0.25, -0.2) is 21.9 Å². The molecule has 0 unspecified atom stereocenters. The van der Waals surface area contributed by atoms with Crippen LogP contribution in [0.25, 0.3) is 0 Å². The minimum absolute atomic E-state index is 0.159. The number of hydrogen-bond donors (Lipinski definition) is 2. The van der Waals surface area contributed by atoms with Gasteiger partial charge in [0.25, 0.3) is 0 Å². The topological polar surface area (TPSA) is 83.5 Å². The molecule has 1 aromatic carbocycles. The monoisotopic (exact) mass is 319 g/mol. The van der Waals surface area contributed by atoms with Gasteiger partial charge in [0.1, 0.15) is 11.6 Å². The Morgan fingerprint density at radius 1 is 1.33 bits per heavy atom. The highest BCUT2D eigenvalue weighted by molar-refractivity contribution is 7.88. The molecule has 2 atom stereocenters. The number of carbonyl (C=O) groups is 1. The van der Waals surface area contributed by atoms with Crippen molar-refractivity contribution < 1.29 is 27.1 Å². The van der Waals surface area contributed by atoms with Crippen molar-refractivity contribution in [1.82, 2.24) is 4.72 Å². The second-order valence-electron chi connectivity index (χ2n) is 5.09. The van der Waals surface area contributed by atoms with Crippen LogP contribution in [0.15, 0.2) is 18.2 Å². The minimum Gasteiger partial charge on any atom is -0.481 e. The first-order valence-electron chi connectivity index (χ1n) is 6.45. The highest BCUT2D eigenvalue weighted by Gasteiger charge is 2.35. The molecule has 0 amide bonds. The summed E-state index contributed by atoms with van der Waals surface area (Å²) in [6.45, 7) is 0. The predicted octanol–water partition coefficient (Wildman–Crippen LogP) is 1.64. The lowest BCUT2D eigenvalue weighted by Gasteiger charge is -2.17. The van der Waals surface area contributed by atoms with Crippen molar-refractivity contribution in [1.29, 1.82) is 0 Å². The molecule has 2 rings (SSSR count). The number of benzene rings is 1. The van der Waals surface area contributed by atoms with Crippen LogP contribution in [0.5, 0.6) is 0 Å². The molecule has 0 heterocycles. The molecule has 1 saturated carbocycles. The zero-order chi connectivity index (χ0) is 15.6. The largest absolute Gasteiger partial charge is 0.481 e. The summed E-state index contributed by atoms with van der Waals surface area (Å²) in [7, 11) is -3.90. The highest BCUT2D eigenvalue weighted by Crippen LogP contribution is 2.27. The zero-order valence-electron chi connectivity index (χ0n) is 11.1. The van der Waals surface area contributed by atoms with Crippen molar-refractivity contribution in [3.05, 3.63) is 35.4 Å². The molecule has 1 fully saturated rings. The Bertz CT molecular complexity index is 648. The lowest BCUT2D eigenvalue weighted by Crippen LogP contribution is -2.40. The Kier molecular flexibility index (Phi) is 4.58. The first-order chi connectivity index (χ1) is 9.78. The van der Waals surface area contributed by atoms with E-state index in [4.69, 9.17) is 5.11 Å². The Morgan fingerprint density at radius 2 is 2.05 bits per heavy atom. The Morgan fingerprint density at radius 3 is 2.67 bits per heavy atom. The molecule has 0 saturated heterocycles. The highest BCUT2D eigenvalue weighted by atomic mass is 32.2. The van der Waals surface area contributed by atoms with Crippen molar-refractivity contribution in [2.75, 3.05) is 0 Å². The lowest BCUT2D eigenvalue weighted by atomic mass is 10.1. The van der Waals surface area contributed by atoms with Gasteiger partial charge in [-0.15, -0.1) is 0 Å². The van der Waals surface area contributed by atoms with Gasteiger partial charge in [-0.1, -0.05) is 12.5 Å². The summed E-state index contributed by atoms with van der Waals surface area (Å²) in [5.74, 6) is -4.20. The third-order valence-corrected chi connectivity index (χ3v) is 4.88. The lowest BCUT2D eigenvalue weighted by molar-refractivity contribution is -0.141. The molecule has 1 aliphatic carbocycles. The van der Waals surface area contributed by atoms with E-state index in [0.717, 1.165) is 12.1 Å². The maximum absolute atomic E-state index is 13.5. The molecular weight excluding hydrogens is 304 g/mol. The first-order valence-corrected chi connectivity index (χ1v) is 8.10. The summed E-state index contributed by atoms with van der Waals surface area (Å²) in [5.41, 5.74) is -0.159. The Balaban J connectivity index is 2.10. The van der Waals surface area contributed by atoms with E-state index in [1.807, 2.05) is 0 Å². The van der Waals surface area contributed by atoms with Gasteiger partial charge >= 0.3 is 5.97 Å². The van der Waals surface area contributed by atoms with Gasteiger partial charge in [0, 0.05) is 17.7 Å². The van der Waals surface area contributed by atoms with Gasteiger partial charge in [-0.05, 0) is 18.9 Å². The van der Waals surface area contributed by atoms with Crippen LogP contribution in [0.2, 0.25) is 0 Å². The number of hydrogen-bond acceptors (Lipinski definition) is 3. The third-order valence-electron chi connectivity index (χ3n) is 3.52. The maximum Gasteiger partial charge on any atom is 0.308 e. The summed E-state index contributed by atoms with van der Waals surface area (Å²) in [4.78, 5) is 11.0. The van der Waals surface area contributed by atoms with Gasteiger partial charge in [0.05, 0.1) is 11.7 Å². The second-order valence-corrected chi connectivity index (χ2v) is 6.85. The molecule has 0 aromatic heterocycles. The number of sulfonamides is 1. The molecule has 21 heavy (non-hydrogen) atoms. The van der Waals surface area contributed by atoms with Crippen LogP contribution in [-0.2, 0) is 20.6 Å². The van der Waals surface area contributed by atoms with E-state index in [9.17, 15) is 22.0 Å². The molecule has 0 spiro atoms. The van der Waals surface area contributed by atoms with Crippen molar-refractivity contribution in [2.24, 2.45) is 5.92 Å². The van der Waals surface area contributed by atoms with Crippen LogP contribution in [0.3, 0.4) is 0 Å². The van der Waals surface area contributed by atoms with Crippen molar-refractivity contribution in [3.63, 3.8) is 0 Å². The van der Waals surface area contributed by atoms with Crippen LogP contribution in [0, 0.1) is 17.6 Å². The maximum atomic E-state index is 13.5. The fourth-order valence-corrected chi connectivity index (χ4v) is 3.98. The SMILES string of the molecule is O=C(O)[C@@H]1CCC[C@@H]1NS(=O)(=O)Cc1ccc(F)cc1F. The molecule has 0 radical (unpaired) electrons. The van der Waals surface area contributed by atoms with Crippen molar-refractivity contribution in [3.8, 4) is 0 Å². The van der Waals surface area contributed by atoms with Gasteiger partial charge in [-0.2, -0.15) is 0 Å². The summed E-state index contributed by atoms with van der Waals surface area (Å²) >= 11 is 0. The van der Waals surface area contributed by atoms with E-state index in [0.29, 0.717) is 25.3 Å². The average molecular weight is 319 g/mol. The third kappa shape index (κ3) is 3.98. The zero-order valence-corrected chi connectivity index (χ0v) is 11.9. The minimum atomic E-state index is -3.90. The van der Waals surface area contributed by atoms with E-state index in [2.05, 4.69) is 4.72 Å². The van der Waals surface area contributed by atoms with Crippen LogP contribution >= 0.6 is 0 Å². The molecule has 1 aromatic rings. The number of halogens is 2. The molecule has 0 aliphatic heterocycles. The van der Waals surface area contributed by atoms with Gasteiger partial charge in [-0.3, -0.25) is 4.79 Å². The quantitative estimate of drug-likeness (QED) is 0.864. The van der Waals surface area contributed by atoms with E-state index in [1.54, 1.807) is 0 Å². The summed E-state index contributed by atoms with van der Waals surface area (Å²) < 4.78 is 52.6. The standard InChI is InChI=1S/C13H15F2NO4S/c14-9-5-4-8(11(15)6-9)7-21(19,20)16-12-3-1-2-10(12)13(17)18/h4-6,10,12,16H,1-3,7H2,(H,17,18)/t10-,12+/m1/s1. The molecular formula is C13H15F2NO4S. The van der Waals surface area contributed by atoms with Crippen LogP contribution < -0.4 is 4.72 Å². The second kappa shape index (κ2) is 6.07. The van der Waals surface area contributed by atoms with Gasteiger partial charge in [0.2, 0.25) is 10.0 Å². The summed E-state index contributed by atoms with van der Waals surface area (Å²) in [6.07, 6.45) is 1.46. The van der Waals surface area contributed by atoms with E-state index in [1.165, 1.54) is 0 Å². The first kappa shape index (κ1) is 15.8. The molecule has 1 aliphatic rings. The number of nitrogens with one attached hydrogen (secondary N) is 1. The van der Waals surface area contributed by atoms with E-state index < -0.39 is 45.3 Å². The summed E-state index contributed by atoms with van der Waals surface area (Å²) in [6, 6.07) is 1.97. The molecule has 2 N–H and O–H groups in total. The molecule has 116 valence electrons. The van der Waals surface area contributed by atoms with E-state index >= 15 is 0 Å². The molecule has 5 nitrogen and oxygen atoms in total. The number of carboxylic acids is 1. The van der Waals surface area contributed by atoms with Crippen molar-refractivity contribution >= 4 is 16.0 Å². The number of carboxylic acid groups (broad SMARTS) is 1. The fourth-order valence-electron chi connectivity index (χ4n) is 2.51. The van der Waals surface area contributed by atoms with Crippen molar-refractivity contribution in [2.45, 2.75) is 31.1 Å². The summed E-state index contributed by atoms with van der Waals surface area (Å²) in [5, 5.41) is 9.01. The smallest absolute Gasteiger partial charge is 0.308 e. The van der Waals surface area contributed by atoms with Gasteiger partial charge < -0.3 is 5.11 Å². The van der Waals surface area contributed by atoms with Crippen LogP contribution in [-0.4, -0.2) is 25.5 Å². The Labute approximate surface area is 121 Å². The number of rotatable bonds is 5. The Hall–Kier alpha value is -1.54.